The average Bonchev–Trinajstić information content (AvgIpc) is 2.86. The Kier molecular flexibility index (Phi) is 11.3. The van der Waals surface area contributed by atoms with Crippen LogP contribution in [0.4, 0.5) is 0 Å². The molecule has 1 unspecified atom stereocenters. The van der Waals surface area contributed by atoms with E-state index in [1.165, 1.54) is 44.9 Å². The minimum Gasteiger partial charge on any atom is -0.489 e. The zero-order chi connectivity index (χ0) is 24.0. The fraction of sp³-hybridized carbons (Fsp3) is 0.448. The van der Waals surface area contributed by atoms with Gasteiger partial charge < -0.3 is 9.84 Å². The van der Waals surface area contributed by atoms with E-state index in [1.807, 2.05) is 54.7 Å². The van der Waals surface area contributed by atoms with E-state index in [1.54, 1.807) is 11.8 Å². The molecular formula is C29H37NO3S. The third-order valence-electron chi connectivity index (χ3n) is 6.01. The van der Waals surface area contributed by atoms with Crippen molar-refractivity contribution in [3.05, 3.63) is 71.9 Å². The Hall–Kier alpha value is -2.53. The first kappa shape index (κ1) is 26.1. The van der Waals surface area contributed by atoms with Crippen LogP contribution < -0.4 is 4.74 Å². The van der Waals surface area contributed by atoms with E-state index in [9.17, 15) is 9.90 Å². The number of fused-ring (bicyclic) bond motifs is 1. The molecular weight excluding hydrogens is 442 g/mol. The van der Waals surface area contributed by atoms with Gasteiger partial charge >= 0.3 is 5.97 Å². The van der Waals surface area contributed by atoms with Crippen LogP contribution in [-0.2, 0) is 17.8 Å². The first-order chi connectivity index (χ1) is 16.7. The fourth-order valence-electron chi connectivity index (χ4n) is 4.05. The third-order valence-corrected chi connectivity index (χ3v) is 7.31. The molecule has 2 aromatic carbocycles. The van der Waals surface area contributed by atoms with Crippen LogP contribution in [0.1, 0.15) is 69.4 Å². The Morgan fingerprint density at radius 1 is 0.971 bits per heavy atom. The second-order valence-electron chi connectivity index (χ2n) is 8.81. The number of ether oxygens (including phenoxy) is 1. The summed E-state index contributed by atoms with van der Waals surface area (Å²) in [7, 11) is 0. The minimum atomic E-state index is -0.752. The van der Waals surface area contributed by atoms with Crippen LogP contribution in [-0.4, -0.2) is 27.1 Å². The monoisotopic (exact) mass is 479 g/mol. The van der Waals surface area contributed by atoms with Gasteiger partial charge in [0.1, 0.15) is 17.6 Å². The Bertz CT molecular complexity index is 1020. The number of carbonyl (C=O) groups is 1. The van der Waals surface area contributed by atoms with Crippen molar-refractivity contribution in [3.8, 4) is 5.75 Å². The van der Waals surface area contributed by atoms with Crippen molar-refractivity contribution in [1.82, 2.24) is 4.98 Å². The van der Waals surface area contributed by atoms with Crippen molar-refractivity contribution in [3.63, 3.8) is 0 Å². The molecule has 1 heterocycles. The maximum absolute atomic E-state index is 11.9. The van der Waals surface area contributed by atoms with Gasteiger partial charge in [-0.15, -0.1) is 11.8 Å². The van der Waals surface area contributed by atoms with Crippen molar-refractivity contribution in [1.29, 1.82) is 0 Å². The summed E-state index contributed by atoms with van der Waals surface area (Å²) in [6, 6.07) is 17.9. The number of carboxylic acids is 1. The smallest absolute Gasteiger partial charge is 0.316 e. The highest BCUT2D eigenvalue weighted by atomic mass is 32.2. The lowest BCUT2D eigenvalue weighted by atomic mass is 10.1. The zero-order valence-electron chi connectivity index (χ0n) is 20.2. The lowest BCUT2D eigenvalue weighted by molar-refractivity contribution is -0.136. The summed E-state index contributed by atoms with van der Waals surface area (Å²) in [6.45, 7) is 2.64. The highest BCUT2D eigenvalue weighted by molar-refractivity contribution is 8.00. The largest absolute Gasteiger partial charge is 0.489 e. The molecule has 182 valence electrons. The molecule has 34 heavy (non-hydrogen) atoms. The van der Waals surface area contributed by atoms with Gasteiger partial charge in [0, 0.05) is 17.1 Å². The molecule has 3 rings (SSSR count). The number of benzene rings is 2. The molecule has 1 atom stereocenters. The quantitative estimate of drug-likeness (QED) is 0.213. The zero-order valence-corrected chi connectivity index (χ0v) is 21.1. The van der Waals surface area contributed by atoms with Crippen LogP contribution in [0.3, 0.4) is 0 Å². The Labute approximate surface area is 208 Å². The number of aliphatic carboxylic acids is 1. The van der Waals surface area contributed by atoms with E-state index in [4.69, 9.17) is 4.74 Å². The summed E-state index contributed by atoms with van der Waals surface area (Å²) in [4.78, 5) is 16.4. The second kappa shape index (κ2) is 14.7. The average molecular weight is 480 g/mol. The standard InChI is InChI=1S/C29H37NO3S/c1-2-3-4-5-6-7-8-13-18-34-28(29(31)32)20-25-15-10-12-17-27(25)33-22-23-19-24-14-9-11-16-26(24)30-21-23/h9-12,14-17,19,21,28H,2-8,13,18,20,22H2,1H3,(H,31,32). The van der Waals surface area contributed by atoms with Gasteiger partial charge in [0.25, 0.3) is 0 Å². The number of hydrogen-bond acceptors (Lipinski definition) is 4. The van der Waals surface area contributed by atoms with Crippen LogP contribution in [0.15, 0.2) is 60.8 Å². The van der Waals surface area contributed by atoms with Gasteiger partial charge in [0.15, 0.2) is 0 Å². The number of pyridine rings is 1. The highest BCUT2D eigenvalue weighted by Gasteiger charge is 2.20. The van der Waals surface area contributed by atoms with Crippen molar-refractivity contribution < 1.29 is 14.6 Å². The van der Waals surface area contributed by atoms with Gasteiger partial charge in [0.2, 0.25) is 0 Å². The number of aromatic nitrogens is 1. The molecule has 0 aliphatic carbocycles. The first-order valence-corrected chi connectivity index (χ1v) is 13.6. The summed E-state index contributed by atoms with van der Waals surface area (Å²) < 4.78 is 6.11. The number of para-hydroxylation sites is 2. The van der Waals surface area contributed by atoms with E-state index >= 15 is 0 Å². The Morgan fingerprint density at radius 2 is 1.68 bits per heavy atom. The van der Waals surface area contributed by atoms with Crippen LogP contribution in [0.25, 0.3) is 10.9 Å². The molecule has 0 aliphatic heterocycles. The SMILES string of the molecule is CCCCCCCCCCSC(Cc1ccccc1OCc1cnc2ccccc2c1)C(=O)O. The van der Waals surface area contributed by atoms with Crippen molar-refractivity contribution in [2.75, 3.05) is 5.75 Å². The molecule has 0 fully saturated rings. The molecule has 3 aromatic rings. The van der Waals surface area contributed by atoms with Crippen molar-refractivity contribution >= 4 is 28.6 Å². The van der Waals surface area contributed by atoms with Gasteiger partial charge in [0.05, 0.1) is 5.52 Å². The number of thioether (sulfide) groups is 1. The van der Waals surface area contributed by atoms with Gasteiger partial charge in [-0.05, 0) is 42.4 Å². The van der Waals surface area contributed by atoms with Gasteiger partial charge in [-0.25, -0.2) is 0 Å². The normalized spacial score (nSPS) is 12.0. The minimum absolute atomic E-state index is 0.401. The first-order valence-electron chi connectivity index (χ1n) is 12.6. The molecule has 4 nitrogen and oxygen atoms in total. The number of hydrogen-bond donors (Lipinski definition) is 1. The van der Waals surface area contributed by atoms with E-state index in [0.717, 1.165) is 40.0 Å². The molecule has 1 N–H and O–H groups in total. The summed E-state index contributed by atoms with van der Waals surface area (Å²) >= 11 is 1.56. The predicted octanol–water partition coefficient (Wildman–Crippen LogP) is 7.68. The fourth-order valence-corrected chi connectivity index (χ4v) is 5.14. The molecule has 5 heteroatoms. The van der Waals surface area contributed by atoms with E-state index in [-0.39, 0.29) is 0 Å². The summed E-state index contributed by atoms with van der Waals surface area (Å²) in [5.41, 5.74) is 2.89. The van der Waals surface area contributed by atoms with Gasteiger partial charge in [-0.3, -0.25) is 9.78 Å². The highest BCUT2D eigenvalue weighted by Crippen LogP contribution is 2.26. The molecule has 1 aromatic heterocycles. The summed E-state index contributed by atoms with van der Waals surface area (Å²) in [6.07, 6.45) is 12.4. The van der Waals surface area contributed by atoms with Crippen LogP contribution in [0.2, 0.25) is 0 Å². The third kappa shape index (κ3) is 8.68. The van der Waals surface area contributed by atoms with Crippen LogP contribution >= 0.6 is 11.8 Å². The van der Waals surface area contributed by atoms with Gasteiger partial charge in [-0.1, -0.05) is 88.3 Å². The lowest BCUT2D eigenvalue weighted by Gasteiger charge is -2.16. The van der Waals surface area contributed by atoms with Crippen molar-refractivity contribution in [2.45, 2.75) is 76.6 Å². The second-order valence-corrected chi connectivity index (χ2v) is 10.1. The molecule has 0 radical (unpaired) electrons. The number of unbranched alkanes of at least 4 members (excludes halogenated alkanes) is 7. The predicted molar refractivity (Wildman–Crippen MR) is 143 cm³/mol. The molecule has 0 spiro atoms. The Morgan fingerprint density at radius 3 is 2.47 bits per heavy atom. The summed E-state index contributed by atoms with van der Waals surface area (Å²) in [5.74, 6) is 0.880. The van der Waals surface area contributed by atoms with E-state index < -0.39 is 11.2 Å². The molecule has 0 saturated heterocycles. The number of carboxylic acid groups (broad SMARTS) is 1. The number of nitrogens with zero attached hydrogens (tertiary/aromatic N) is 1. The molecule has 0 bridgehead atoms. The maximum atomic E-state index is 11.9. The molecule has 0 amide bonds. The molecule has 0 aliphatic rings. The van der Waals surface area contributed by atoms with Crippen molar-refractivity contribution in [2.24, 2.45) is 0 Å². The van der Waals surface area contributed by atoms with E-state index in [2.05, 4.69) is 18.0 Å². The van der Waals surface area contributed by atoms with Crippen LogP contribution in [0, 0.1) is 0 Å². The topological polar surface area (TPSA) is 59.4 Å². The summed E-state index contributed by atoms with van der Waals surface area (Å²) in [5, 5.41) is 10.4. The Balaban J connectivity index is 1.48. The number of rotatable bonds is 16. The van der Waals surface area contributed by atoms with Crippen LogP contribution in [0.5, 0.6) is 5.75 Å². The maximum Gasteiger partial charge on any atom is 0.316 e. The lowest BCUT2D eigenvalue weighted by Crippen LogP contribution is -2.20. The molecule has 0 saturated carbocycles. The van der Waals surface area contributed by atoms with Gasteiger partial charge in [-0.2, -0.15) is 0 Å². The van der Waals surface area contributed by atoms with E-state index in [0.29, 0.717) is 13.0 Å².